The van der Waals surface area contributed by atoms with Gasteiger partial charge >= 0.3 is 0 Å². The summed E-state index contributed by atoms with van der Waals surface area (Å²) >= 11 is 0. The smallest absolute Gasteiger partial charge is 0.115 e. The average molecular weight is 214 g/mol. The van der Waals surface area contributed by atoms with Crippen LogP contribution in [0.5, 0.6) is 5.75 Å². The Balaban J connectivity index is 2.35. The zero-order valence-electron chi connectivity index (χ0n) is 9.69. The number of hydrogen-bond donors (Lipinski definition) is 1. The van der Waals surface area contributed by atoms with E-state index < -0.39 is 0 Å². The summed E-state index contributed by atoms with van der Waals surface area (Å²) in [4.78, 5) is 0. The van der Waals surface area contributed by atoms with Gasteiger partial charge in [0.2, 0.25) is 0 Å². The van der Waals surface area contributed by atoms with E-state index in [-0.39, 0.29) is 5.41 Å². The lowest BCUT2D eigenvalue weighted by molar-refractivity contribution is 0.468. The number of rotatable bonds is 3. The maximum atomic E-state index is 9.34. The molecule has 1 aromatic carbocycles. The third kappa shape index (κ3) is 2.04. The van der Waals surface area contributed by atoms with Gasteiger partial charge in [0.1, 0.15) is 5.75 Å². The van der Waals surface area contributed by atoms with Crippen molar-refractivity contribution in [2.24, 2.45) is 0 Å². The molecule has 1 unspecified atom stereocenters. The molecule has 1 N–H and O–H groups in total. The van der Waals surface area contributed by atoms with Crippen LogP contribution in [0.4, 0.5) is 0 Å². The summed E-state index contributed by atoms with van der Waals surface area (Å²) in [6.45, 7) is 2.22. The van der Waals surface area contributed by atoms with Crippen LogP contribution in [0.25, 0.3) is 0 Å². The van der Waals surface area contributed by atoms with E-state index in [0.29, 0.717) is 5.75 Å². The van der Waals surface area contributed by atoms with Crippen LogP contribution in [0.3, 0.4) is 0 Å². The van der Waals surface area contributed by atoms with Gasteiger partial charge < -0.3 is 5.11 Å². The van der Waals surface area contributed by atoms with Gasteiger partial charge in [0, 0.05) is 5.41 Å². The molecule has 2 rings (SSSR count). The lowest BCUT2D eigenvalue weighted by Crippen LogP contribution is -2.23. The largest absolute Gasteiger partial charge is 0.508 e. The quantitative estimate of drug-likeness (QED) is 0.807. The van der Waals surface area contributed by atoms with E-state index in [1.807, 2.05) is 12.1 Å². The number of hydrogen-bond acceptors (Lipinski definition) is 1. The van der Waals surface area contributed by atoms with Crippen LogP contribution in [-0.4, -0.2) is 5.11 Å². The standard InChI is InChI=1S/C15H18O/c1-2-10-15(11-4-3-5-12-15)13-6-8-14(16)9-7-13/h3-9,11,16H,2,10,12H2,1H3. The minimum Gasteiger partial charge on any atom is -0.508 e. The maximum absolute atomic E-state index is 9.34. The molecule has 0 amide bonds. The molecule has 0 heterocycles. The van der Waals surface area contributed by atoms with Crippen LogP contribution in [0.2, 0.25) is 0 Å². The van der Waals surface area contributed by atoms with Gasteiger partial charge in [-0.25, -0.2) is 0 Å². The van der Waals surface area contributed by atoms with Crippen LogP contribution < -0.4 is 0 Å². The lowest BCUT2D eigenvalue weighted by atomic mass is 9.72. The van der Waals surface area contributed by atoms with Crippen LogP contribution in [0.1, 0.15) is 31.7 Å². The van der Waals surface area contributed by atoms with Crippen molar-refractivity contribution in [2.45, 2.75) is 31.6 Å². The zero-order chi connectivity index (χ0) is 11.4. The first-order chi connectivity index (χ1) is 7.77. The highest BCUT2D eigenvalue weighted by Crippen LogP contribution is 2.37. The Morgan fingerprint density at radius 1 is 1.19 bits per heavy atom. The van der Waals surface area contributed by atoms with Gasteiger partial charge in [-0.2, -0.15) is 0 Å². The van der Waals surface area contributed by atoms with Crippen LogP contribution in [0, 0.1) is 0 Å². The molecule has 1 aliphatic rings. The molecule has 0 spiro atoms. The topological polar surface area (TPSA) is 20.2 Å². The van der Waals surface area contributed by atoms with Crippen molar-refractivity contribution in [2.75, 3.05) is 0 Å². The molecule has 84 valence electrons. The molecule has 0 radical (unpaired) electrons. The second kappa shape index (κ2) is 4.56. The predicted octanol–water partition coefficient (Wildman–Crippen LogP) is 3.95. The van der Waals surface area contributed by atoms with E-state index in [4.69, 9.17) is 0 Å². The molecule has 0 bridgehead atoms. The fourth-order valence-corrected chi connectivity index (χ4v) is 2.45. The van der Waals surface area contributed by atoms with Crippen LogP contribution >= 0.6 is 0 Å². The van der Waals surface area contributed by atoms with E-state index in [1.54, 1.807) is 12.1 Å². The van der Waals surface area contributed by atoms with Crippen LogP contribution in [0.15, 0.2) is 48.6 Å². The van der Waals surface area contributed by atoms with E-state index in [2.05, 4.69) is 31.2 Å². The van der Waals surface area contributed by atoms with Crippen molar-refractivity contribution < 1.29 is 5.11 Å². The molecular formula is C15H18O. The Hall–Kier alpha value is -1.50. The van der Waals surface area contributed by atoms with E-state index in [1.165, 1.54) is 12.0 Å². The van der Waals surface area contributed by atoms with Crippen molar-refractivity contribution in [3.8, 4) is 5.75 Å². The molecule has 0 fully saturated rings. The summed E-state index contributed by atoms with van der Waals surface area (Å²) in [7, 11) is 0. The minimum absolute atomic E-state index is 0.136. The molecule has 0 saturated carbocycles. The van der Waals surface area contributed by atoms with Crippen molar-refractivity contribution >= 4 is 0 Å². The van der Waals surface area contributed by atoms with Crippen molar-refractivity contribution in [3.05, 3.63) is 54.1 Å². The number of phenolic OH excluding ortho intramolecular Hbond substituents is 1. The highest BCUT2D eigenvalue weighted by atomic mass is 16.3. The second-order valence-electron chi connectivity index (χ2n) is 4.44. The first-order valence-electron chi connectivity index (χ1n) is 5.91. The van der Waals surface area contributed by atoms with Gasteiger partial charge in [0.05, 0.1) is 0 Å². The van der Waals surface area contributed by atoms with Gasteiger partial charge in [-0.3, -0.25) is 0 Å². The van der Waals surface area contributed by atoms with Crippen molar-refractivity contribution in [3.63, 3.8) is 0 Å². The molecule has 1 nitrogen and oxygen atoms in total. The normalized spacial score (nSPS) is 23.6. The summed E-state index contributed by atoms with van der Waals surface area (Å²) in [5, 5.41) is 9.34. The summed E-state index contributed by atoms with van der Waals surface area (Å²) in [6, 6.07) is 7.63. The van der Waals surface area contributed by atoms with Gasteiger partial charge in [-0.05, 0) is 30.5 Å². The molecular weight excluding hydrogens is 196 g/mol. The third-order valence-electron chi connectivity index (χ3n) is 3.28. The van der Waals surface area contributed by atoms with E-state index >= 15 is 0 Å². The molecule has 0 aromatic heterocycles. The highest BCUT2D eigenvalue weighted by Gasteiger charge is 2.28. The molecule has 1 heteroatoms. The Kier molecular flexibility index (Phi) is 3.14. The van der Waals surface area contributed by atoms with Gasteiger partial charge in [0.25, 0.3) is 0 Å². The molecule has 1 atom stereocenters. The number of benzene rings is 1. The van der Waals surface area contributed by atoms with E-state index in [9.17, 15) is 5.11 Å². The SMILES string of the molecule is CCCC1(c2ccc(O)cc2)C=CC=CC1. The van der Waals surface area contributed by atoms with E-state index in [0.717, 1.165) is 12.8 Å². The van der Waals surface area contributed by atoms with Crippen molar-refractivity contribution in [1.29, 1.82) is 0 Å². The maximum Gasteiger partial charge on any atom is 0.115 e. The Labute approximate surface area is 97.1 Å². The zero-order valence-corrected chi connectivity index (χ0v) is 9.69. The van der Waals surface area contributed by atoms with Crippen molar-refractivity contribution in [1.82, 2.24) is 0 Å². The summed E-state index contributed by atoms with van der Waals surface area (Å²) in [5.74, 6) is 0.339. The Morgan fingerprint density at radius 2 is 1.94 bits per heavy atom. The van der Waals surface area contributed by atoms with Gasteiger partial charge in [-0.1, -0.05) is 49.8 Å². The lowest BCUT2D eigenvalue weighted by Gasteiger charge is -2.31. The molecule has 0 aliphatic heterocycles. The molecule has 1 aliphatic carbocycles. The summed E-state index contributed by atoms with van der Waals surface area (Å²) < 4.78 is 0. The predicted molar refractivity (Wildman–Crippen MR) is 67.6 cm³/mol. The second-order valence-corrected chi connectivity index (χ2v) is 4.44. The number of aromatic hydroxyl groups is 1. The molecule has 1 aromatic rings. The minimum atomic E-state index is 0.136. The first kappa shape index (κ1) is 11.0. The van der Waals surface area contributed by atoms with Crippen LogP contribution in [-0.2, 0) is 5.41 Å². The number of allylic oxidation sites excluding steroid dienone is 4. The Morgan fingerprint density at radius 3 is 2.50 bits per heavy atom. The fourth-order valence-electron chi connectivity index (χ4n) is 2.45. The monoisotopic (exact) mass is 214 g/mol. The summed E-state index contributed by atoms with van der Waals surface area (Å²) in [5.41, 5.74) is 1.43. The Bertz CT molecular complexity index is 400. The van der Waals surface area contributed by atoms with Gasteiger partial charge in [-0.15, -0.1) is 0 Å². The summed E-state index contributed by atoms with van der Waals surface area (Å²) in [6.07, 6.45) is 12.1. The molecule has 0 saturated heterocycles. The first-order valence-corrected chi connectivity index (χ1v) is 5.91. The third-order valence-corrected chi connectivity index (χ3v) is 3.28. The number of phenols is 1. The average Bonchev–Trinajstić information content (AvgIpc) is 2.31. The fraction of sp³-hybridized carbons (Fsp3) is 0.333. The highest BCUT2D eigenvalue weighted by molar-refractivity contribution is 5.38. The van der Waals surface area contributed by atoms with Gasteiger partial charge in [0.15, 0.2) is 0 Å². The molecule has 16 heavy (non-hydrogen) atoms.